The van der Waals surface area contributed by atoms with Crippen molar-refractivity contribution in [2.24, 2.45) is 7.05 Å². The molecule has 4 aromatic rings. The normalized spacial score (nSPS) is 19.1. The molecule has 1 aromatic carbocycles. The summed E-state index contributed by atoms with van der Waals surface area (Å²) in [5.74, 6) is 0.124. The minimum atomic E-state index is -4.71. The molecule has 0 spiro atoms. The van der Waals surface area contributed by atoms with E-state index < -0.39 is 35.2 Å². The molecule has 2 aliphatic rings. The maximum Gasteiger partial charge on any atom is 0.418 e. The van der Waals surface area contributed by atoms with Gasteiger partial charge in [-0.2, -0.15) is 13.2 Å². The van der Waals surface area contributed by atoms with Crippen molar-refractivity contribution in [2.75, 3.05) is 26.3 Å². The molecule has 2 saturated heterocycles. The van der Waals surface area contributed by atoms with E-state index in [0.717, 1.165) is 21.2 Å². The smallest absolute Gasteiger partial charge is 0.379 e. The van der Waals surface area contributed by atoms with Gasteiger partial charge in [-0.1, -0.05) is 12.1 Å². The molecule has 40 heavy (non-hydrogen) atoms. The van der Waals surface area contributed by atoms with Gasteiger partial charge in [-0.05, 0) is 42.2 Å². The molecule has 2 aliphatic heterocycles. The first-order valence-electron chi connectivity index (χ1n) is 12.9. The molecule has 13 heteroatoms. The Balaban J connectivity index is 1.40. The van der Waals surface area contributed by atoms with Crippen molar-refractivity contribution in [3.05, 3.63) is 82.1 Å². The molecular weight excluding hydrogens is 535 g/mol. The third kappa shape index (κ3) is 4.50. The van der Waals surface area contributed by atoms with Crippen LogP contribution in [0.4, 0.5) is 22.0 Å². The van der Waals surface area contributed by atoms with Gasteiger partial charge in [0.25, 0.3) is 0 Å². The predicted octanol–water partition coefficient (Wildman–Crippen LogP) is 4.15. The van der Waals surface area contributed by atoms with E-state index in [9.17, 15) is 22.4 Å². The van der Waals surface area contributed by atoms with E-state index in [1.807, 2.05) is 4.90 Å². The molecule has 6 rings (SSSR count). The predicted molar refractivity (Wildman–Crippen MR) is 135 cm³/mol. The first-order valence-corrected chi connectivity index (χ1v) is 12.9. The number of halogens is 5. The number of aryl methyl sites for hydroxylation is 1. The van der Waals surface area contributed by atoms with Gasteiger partial charge in [-0.15, -0.1) is 10.2 Å². The molecule has 3 aromatic heterocycles. The van der Waals surface area contributed by atoms with Crippen LogP contribution < -0.4 is 5.69 Å². The Morgan fingerprint density at radius 3 is 2.52 bits per heavy atom. The van der Waals surface area contributed by atoms with E-state index in [1.54, 1.807) is 31.3 Å². The van der Waals surface area contributed by atoms with Crippen LogP contribution in [-0.2, 0) is 29.9 Å². The van der Waals surface area contributed by atoms with Gasteiger partial charge in [0.15, 0.2) is 12.0 Å². The van der Waals surface area contributed by atoms with Crippen molar-refractivity contribution >= 4 is 5.52 Å². The summed E-state index contributed by atoms with van der Waals surface area (Å²) < 4.78 is 80.8. The highest BCUT2D eigenvalue weighted by atomic mass is 19.4. The van der Waals surface area contributed by atoms with Crippen LogP contribution >= 0.6 is 0 Å². The zero-order valence-corrected chi connectivity index (χ0v) is 21.6. The van der Waals surface area contributed by atoms with E-state index in [4.69, 9.17) is 4.74 Å². The summed E-state index contributed by atoms with van der Waals surface area (Å²) in [5.41, 5.74) is -1.88. The molecule has 5 heterocycles. The Kier molecular flexibility index (Phi) is 6.53. The van der Waals surface area contributed by atoms with Crippen molar-refractivity contribution in [3.8, 4) is 5.69 Å². The fourth-order valence-electron chi connectivity index (χ4n) is 5.58. The highest BCUT2D eigenvalue weighted by molar-refractivity contribution is 5.58. The van der Waals surface area contributed by atoms with Crippen molar-refractivity contribution in [1.82, 2.24) is 28.6 Å². The van der Waals surface area contributed by atoms with Gasteiger partial charge in [0, 0.05) is 39.1 Å². The molecule has 0 saturated carbocycles. The molecule has 212 valence electrons. The summed E-state index contributed by atoms with van der Waals surface area (Å²) in [6.07, 6.45) is -2.57. The monoisotopic (exact) mass is 562 g/mol. The van der Waals surface area contributed by atoms with Crippen LogP contribution in [-0.4, -0.2) is 61.1 Å². The number of rotatable bonds is 6. The number of likely N-dealkylation sites (tertiary alicyclic amines) is 1. The maximum absolute atomic E-state index is 15.8. The number of fused-ring (bicyclic) bond motifs is 1. The number of aromatic nitrogens is 5. The average molecular weight is 563 g/mol. The molecule has 1 atom stereocenters. The molecular formula is C27H27F5N6O2. The number of hydrogen-bond donors (Lipinski definition) is 0. The second-order valence-corrected chi connectivity index (χ2v) is 10.6. The highest BCUT2D eigenvalue weighted by Crippen LogP contribution is 2.45. The van der Waals surface area contributed by atoms with Crippen LogP contribution in [0, 0.1) is 0 Å². The van der Waals surface area contributed by atoms with Gasteiger partial charge >= 0.3 is 11.9 Å². The van der Waals surface area contributed by atoms with Gasteiger partial charge in [-0.3, -0.25) is 13.9 Å². The lowest BCUT2D eigenvalue weighted by Crippen LogP contribution is -2.50. The van der Waals surface area contributed by atoms with E-state index in [-0.39, 0.29) is 31.1 Å². The lowest BCUT2D eigenvalue weighted by molar-refractivity contribution is -0.136. The zero-order valence-electron chi connectivity index (χ0n) is 21.6. The largest absolute Gasteiger partial charge is 0.418 e. The fourth-order valence-corrected chi connectivity index (χ4v) is 5.58. The van der Waals surface area contributed by atoms with Gasteiger partial charge in [0.1, 0.15) is 12.5 Å². The first-order chi connectivity index (χ1) is 19.1. The lowest BCUT2D eigenvalue weighted by Gasteiger charge is -2.43. The molecule has 2 fully saturated rings. The first kappa shape index (κ1) is 26.6. The van der Waals surface area contributed by atoms with Gasteiger partial charge in [-0.25, -0.2) is 13.6 Å². The Bertz CT molecular complexity index is 1600. The van der Waals surface area contributed by atoms with Crippen molar-refractivity contribution < 1.29 is 26.7 Å². The standard InChI is InChI=1S/C27H27F5N6O2/c1-35-16-33-34-24(35)23(29)26(14-40-15-26)18-3-2-4-20(10-18)37-13-22-21(27(30,31)32)9-17(12-38(22)25(37)39)11-36-7-5-19(28)6-8-36/h2-4,9-10,12-13,16,19,23H,5-8,11,14-15H2,1H3. The molecule has 0 aliphatic carbocycles. The highest BCUT2D eigenvalue weighted by Gasteiger charge is 2.50. The van der Waals surface area contributed by atoms with Crippen LogP contribution in [0.3, 0.4) is 0 Å². The van der Waals surface area contributed by atoms with Crippen LogP contribution in [0.15, 0.2) is 53.8 Å². The second kappa shape index (κ2) is 9.81. The fraction of sp³-hybridized carbons (Fsp3) is 0.444. The van der Waals surface area contributed by atoms with Gasteiger partial charge < -0.3 is 9.30 Å². The van der Waals surface area contributed by atoms with Crippen molar-refractivity contribution in [3.63, 3.8) is 0 Å². The minimum absolute atomic E-state index is 0.0678. The SMILES string of the molecule is Cn1cnnc1C(F)C1(c2cccc(-n3cc4c(C(F)(F)F)cc(CN5CCC(F)CC5)cn4c3=O)c2)COC1. The second-order valence-electron chi connectivity index (χ2n) is 10.6. The third-order valence-corrected chi connectivity index (χ3v) is 7.93. The summed E-state index contributed by atoms with van der Waals surface area (Å²) in [5, 5.41) is 7.65. The Morgan fingerprint density at radius 2 is 1.90 bits per heavy atom. The maximum atomic E-state index is 15.8. The molecule has 0 amide bonds. The molecule has 0 N–H and O–H groups in total. The molecule has 0 bridgehead atoms. The topological polar surface area (TPSA) is 69.6 Å². The van der Waals surface area contributed by atoms with Crippen LogP contribution in [0.25, 0.3) is 11.2 Å². The lowest BCUT2D eigenvalue weighted by atomic mass is 9.74. The zero-order chi connectivity index (χ0) is 28.2. The van der Waals surface area contributed by atoms with E-state index in [0.29, 0.717) is 42.7 Å². The minimum Gasteiger partial charge on any atom is -0.379 e. The Labute approximate surface area is 225 Å². The van der Waals surface area contributed by atoms with E-state index >= 15 is 4.39 Å². The number of nitrogens with zero attached hydrogens (tertiary/aromatic N) is 6. The third-order valence-electron chi connectivity index (χ3n) is 7.93. The number of piperidine rings is 1. The molecule has 8 nitrogen and oxygen atoms in total. The molecule has 0 radical (unpaired) electrons. The number of imidazole rings is 1. The van der Waals surface area contributed by atoms with Crippen molar-refractivity contribution in [2.45, 2.75) is 43.3 Å². The quantitative estimate of drug-likeness (QED) is 0.331. The summed E-state index contributed by atoms with van der Waals surface area (Å²) >= 11 is 0. The Morgan fingerprint density at radius 1 is 1.15 bits per heavy atom. The summed E-state index contributed by atoms with van der Waals surface area (Å²) in [4.78, 5) is 15.4. The summed E-state index contributed by atoms with van der Waals surface area (Å²) in [7, 11) is 1.63. The number of alkyl halides is 5. The van der Waals surface area contributed by atoms with Gasteiger partial charge in [0.2, 0.25) is 0 Å². The van der Waals surface area contributed by atoms with Crippen molar-refractivity contribution in [1.29, 1.82) is 0 Å². The summed E-state index contributed by atoms with van der Waals surface area (Å²) in [6.45, 7) is 1.16. The van der Waals surface area contributed by atoms with Crippen LogP contribution in [0.5, 0.6) is 0 Å². The summed E-state index contributed by atoms with van der Waals surface area (Å²) in [6, 6.07) is 7.57. The number of hydrogen-bond acceptors (Lipinski definition) is 5. The Hall–Kier alpha value is -3.58. The average Bonchev–Trinajstić information content (AvgIpc) is 3.47. The van der Waals surface area contributed by atoms with E-state index in [2.05, 4.69) is 10.2 Å². The van der Waals surface area contributed by atoms with Gasteiger partial charge in [0.05, 0.1) is 35.4 Å². The molecule has 1 unspecified atom stereocenters. The number of ether oxygens (including phenoxy) is 1. The van der Waals surface area contributed by atoms with E-state index in [1.165, 1.54) is 17.1 Å². The number of benzene rings is 1. The van der Waals surface area contributed by atoms with Crippen LogP contribution in [0.2, 0.25) is 0 Å². The van der Waals surface area contributed by atoms with Crippen LogP contribution in [0.1, 0.15) is 41.5 Å². The number of pyridine rings is 1.